The van der Waals surface area contributed by atoms with Crippen molar-refractivity contribution in [3.8, 4) is 17.6 Å². The second-order valence-electron chi connectivity index (χ2n) is 5.79. The molecule has 0 fully saturated rings. The van der Waals surface area contributed by atoms with Crippen LogP contribution < -0.4 is 10.4 Å². The molecule has 0 atom stereocenters. The zero-order chi connectivity index (χ0) is 20.1. The van der Waals surface area contributed by atoms with Crippen molar-refractivity contribution >= 4 is 23.0 Å². The van der Waals surface area contributed by atoms with Gasteiger partial charge in [0.05, 0.1) is 7.11 Å². The zero-order valence-corrected chi connectivity index (χ0v) is 14.8. The second kappa shape index (κ2) is 8.10. The average molecular weight is 377 g/mol. The van der Waals surface area contributed by atoms with Gasteiger partial charge >= 0.3 is 11.6 Å². The highest BCUT2D eigenvalue weighted by atomic mass is 16.5. The van der Waals surface area contributed by atoms with E-state index in [9.17, 15) is 20.0 Å². The number of hydrogen-bond donors (Lipinski definition) is 1. The lowest BCUT2D eigenvalue weighted by Crippen LogP contribution is -2.09. The maximum absolute atomic E-state index is 12.3. The van der Waals surface area contributed by atoms with Crippen LogP contribution in [0.25, 0.3) is 17.0 Å². The van der Waals surface area contributed by atoms with E-state index >= 15 is 0 Å². The Morgan fingerprint density at radius 2 is 1.96 bits per heavy atom. The Kier molecular flexibility index (Phi) is 5.42. The number of carbonyl (C=O) groups excluding carboxylic acids is 1. The molecule has 28 heavy (non-hydrogen) atoms. The predicted octanol–water partition coefficient (Wildman–Crippen LogP) is 3.16. The summed E-state index contributed by atoms with van der Waals surface area (Å²) in [5.41, 5.74) is 0.387. The number of ether oxygens (including phenoxy) is 2. The van der Waals surface area contributed by atoms with Crippen LogP contribution in [0, 0.1) is 11.3 Å². The number of nitrogens with zero attached hydrogens (tertiary/aromatic N) is 1. The standard InChI is InChI=1S/C21H15NO6/c1-26-17-5-2-13(3-6-17)8-14(11-22)21(25)27-12-15-9-20(24)28-19-10-16(23)4-7-18(15)19/h2-10,23H,12H2,1H3/b14-8+. The lowest BCUT2D eigenvalue weighted by atomic mass is 10.1. The molecule has 0 radical (unpaired) electrons. The number of methoxy groups -OCH3 is 1. The van der Waals surface area contributed by atoms with E-state index in [0.717, 1.165) is 0 Å². The number of hydrogen-bond acceptors (Lipinski definition) is 7. The highest BCUT2D eigenvalue weighted by Gasteiger charge is 2.13. The fraction of sp³-hybridized carbons (Fsp3) is 0.0952. The highest BCUT2D eigenvalue weighted by Crippen LogP contribution is 2.22. The van der Waals surface area contributed by atoms with Crippen LogP contribution in [0.5, 0.6) is 11.5 Å². The molecule has 0 aliphatic heterocycles. The van der Waals surface area contributed by atoms with E-state index in [1.165, 1.54) is 31.4 Å². The molecule has 0 saturated heterocycles. The van der Waals surface area contributed by atoms with Gasteiger partial charge in [0.25, 0.3) is 0 Å². The molecule has 7 nitrogen and oxygen atoms in total. The van der Waals surface area contributed by atoms with E-state index < -0.39 is 11.6 Å². The van der Waals surface area contributed by atoms with Gasteiger partial charge in [-0.15, -0.1) is 0 Å². The first-order chi connectivity index (χ1) is 13.5. The lowest BCUT2D eigenvalue weighted by molar-refractivity contribution is -0.139. The van der Waals surface area contributed by atoms with Crippen LogP contribution in [0.2, 0.25) is 0 Å². The van der Waals surface area contributed by atoms with E-state index in [0.29, 0.717) is 22.3 Å². The van der Waals surface area contributed by atoms with Crippen LogP contribution in [0.1, 0.15) is 11.1 Å². The molecule has 1 aromatic heterocycles. The van der Waals surface area contributed by atoms with Crippen molar-refractivity contribution < 1.29 is 23.8 Å². The number of aromatic hydroxyl groups is 1. The van der Waals surface area contributed by atoms with Crippen molar-refractivity contribution in [2.24, 2.45) is 0 Å². The van der Waals surface area contributed by atoms with E-state index in [1.54, 1.807) is 30.3 Å². The number of rotatable bonds is 5. The summed E-state index contributed by atoms with van der Waals surface area (Å²) >= 11 is 0. The van der Waals surface area contributed by atoms with E-state index in [2.05, 4.69) is 0 Å². The van der Waals surface area contributed by atoms with Crippen molar-refractivity contribution in [1.82, 2.24) is 0 Å². The molecule has 2 aromatic carbocycles. The summed E-state index contributed by atoms with van der Waals surface area (Å²) in [5.74, 6) is -0.225. The topological polar surface area (TPSA) is 110 Å². The molecule has 3 aromatic rings. The number of fused-ring (bicyclic) bond motifs is 1. The Balaban J connectivity index is 1.80. The van der Waals surface area contributed by atoms with Gasteiger partial charge in [-0.2, -0.15) is 5.26 Å². The smallest absolute Gasteiger partial charge is 0.349 e. The fourth-order valence-electron chi connectivity index (χ4n) is 2.56. The first-order valence-electron chi connectivity index (χ1n) is 8.19. The number of phenolic OH excluding ortho intramolecular Hbond substituents is 1. The Labute approximate surface area is 159 Å². The van der Waals surface area contributed by atoms with Gasteiger partial charge in [0.1, 0.15) is 35.3 Å². The number of nitriles is 1. The van der Waals surface area contributed by atoms with Crippen LogP contribution in [0.3, 0.4) is 0 Å². The maximum Gasteiger partial charge on any atom is 0.349 e. The molecule has 0 aliphatic carbocycles. The average Bonchev–Trinajstić information content (AvgIpc) is 2.69. The van der Waals surface area contributed by atoms with Gasteiger partial charge in [-0.3, -0.25) is 0 Å². The molecule has 0 unspecified atom stereocenters. The Morgan fingerprint density at radius 1 is 1.21 bits per heavy atom. The van der Waals surface area contributed by atoms with Crippen molar-refractivity contribution in [1.29, 1.82) is 5.26 Å². The molecule has 3 rings (SSSR count). The van der Waals surface area contributed by atoms with Gasteiger partial charge in [-0.05, 0) is 35.9 Å². The Morgan fingerprint density at radius 3 is 2.64 bits per heavy atom. The Hall–Kier alpha value is -4.05. The largest absolute Gasteiger partial charge is 0.508 e. The second-order valence-corrected chi connectivity index (χ2v) is 5.79. The van der Waals surface area contributed by atoms with E-state index in [-0.39, 0.29) is 23.5 Å². The molecule has 0 aliphatic rings. The SMILES string of the molecule is COc1ccc(/C=C(\C#N)C(=O)OCc2cc(=O)oc3cc(O)ccc23)cc1. The quantitative estimate of drug-likeness (QED) is 0.315. The predicted molar refractivity (Wildman–Crippen MR) is 101 cm³/mol. The maximum atomic E-state index is 12.3. The third-order valence-corrected chi connectivity index (χ3v) is 3.94. The first kappa shape index (κ1) is 18.7. The molecule has 1 N–H and O–H groups in total. The van der Waals surface area contributed by atoms with Gasteiger partial charge in [-0.25, -0.2) is 9.59 Å². The molecular formula is C21H15NO6. The normalized spacial score (nSPS) is 11.1. The van der Waals surface area contributed by atoms with Crippen molar-refractivity contribution in [3.63, 3.8) is 0 Å². The lowest BCUT2D eigenvalue weighted by Gasteiger charge is -2.07. The third-order valence-electron chi connectivity index (χ3n) is 3.94. The Bertz CT molecular complexity index is 1150. The summed E-state index contributed by atoms with van der Waals surface area (Å²) in [6, 6.07) is 14.1. The molecular weight excluding hydrogens is 362 g/mol. The van der Waals surface area contributed by atoms with Gasteiger partial charge < -0.3 is 19.0 Å². The number of esters is 1. The molecule has 0 saturated carbocycles. The minimum absolute atomic E-state index is 0.0565. The number of benzene rings is 2. The summed E-state index contributed by atoms with van der Waals surface area (Å²) in [4.78, 5) is 24.0. The van der Waals surface area contributed by atoms with Crippen LogP contribution in [0.4, 0.5) is 0 Å². The van der Waals surface area contributed by atoms with Crippen LogP contribution in [0.15, 0.2) is 63.3 Å². The summed E-state index contributed by atoms with van der Waals surface area (Å²) in [5, 5.41) is 19.3. The minimum Gasteiger partial charge on any atom is -0.508 e. The summed E-state index contributed by atoms with van der Waals surface area (Å²) in [6.07, 6.45) is 1.40. The minimum atomic E-state index is -0.821. The molecule has 7 heteroatoms. The number of phenols is 1. The van der Waals surface area contributed by atoms with Gasteiger partial charge in [0.2, 0.25) is 0 Å². The van der Waals surface area contributed by atoms with Crippen LogP contribution in [-0.4, -0.2) is 18.2 Å². The zero-order valence-electron chi connectivity index (χ0n) is 14.8. The molecule has 0 amide bonds. The van der Waals surface area contributed by atoms with Gasteiger partial charge in [0, 0.05) is 23.1 Å². The van der Waals surface area contributed by atoms with Gasteiger partial charge in [0.15, 0.2) is 0 Å². The van der Waals surface area contributed by atoms with Crippen LogP contribution in [-0.2, 0) is 16.1 Å². The molecule has 140 valence electrons. The van der Waals surface area contributed by atoms with Crippen molar-refractivity contribution in [2.45, 2.75) is 6.61 Å². The highest BCUT2D eigenvalue weighted by molar-refractivity contribution is 5.98. The molecule has 0 spiro atoms. The third kappa shape index (κ3) is 4.19. The van der Waals surface area contributed by atoms with Gasteiger partial charge in [-0.1, -0.05) is 12.1 Å². The first-order valence-corrected chi connectivity index (χ1v) is 8.19. The van der Waals surface area contributed by atoms with Crippen LogP contribution >= 0.6 is 0 Å². The summed E-state index contributed by atoms with van der Waals surface area (Å²) in [6.45, 7) is -0.229. The fourth-order valence-corrected chi connectivity index (χ4v) is 2.56. The van der Waals surface area contributed by atoms with E-state index in [4.69, 9.17) is 13.9 Å². The summed E-state index contributed by atoms with van der Waals surface area (Å²) in [7, 11) is 1.54. The molecule has 0 bridgehead atoms. The molecule has 1 heterocycles. The van der Waals surface area contributed by atoms with Crippen molar-refractivity contribution in [3.05, 3.63) is 75.7 Å². The van der Waals surface area contributed by atoms with E-state index in [1.807, 2.05) is 6.07 Å². The van der Waals surface area contributed by atoms with Crippen molar-refractivity contribution in [2.75, 3.05) is 7.11 Å². The summed E-state index contributed by atoms with van der Waals surface area (Å²) < 4.78 is 15.3. The number of carbonyl (C=O) groups is 1. The monoisotopic (exact) mass is 377 g/mol.